The number of nitrogens with zero attached hydrogens (tertiary/aromatic N) is 5. The third kappa shape index (κ3) is 3.46. The Labute approximate surface area is 165 Å². The molecule has 0 aliphatic carbocycles. The third-order valence-electron chi connectivity index (χ3n) is 5.18. The van der Waals surface area contributed by atoms with Crippen molar-refractivity contribution in [1.82, 2.24) is 19.5 Å². The van der Waals surface area contributed by atoms with Gasteiger partial charge in [0.1, 0.15) is 11.0 Å². The molecule has 4 heterocycles. The lowest BCUT2D eigenvalue weighted by molar-refractivity contribution is 0.206. The highest BCUT2D eigenvalue weighted by molar-refractivity contribution is 7.17. The van der Waals surface area contributed by atoms with E-state index in [4.69, 9.17) is 4.74 Å². The van der Waals surface area contributed by atoms with Gasteiger partial charge in [0.25, 0.3) is 11.4 Å². The van der Waals surface area contributed by atoms with Gasteiger partial charge in [-0.15, -0.1) is 11.3 Å². The Morgan fingerprint density at radius 3 is 2.86 bits per heavy atom. The van der Waals surface area contributed by atoms with Crippen LogP contribution in [0.15, 0.2) is 22.6 Å². The van der Waals surface area contributed by atoms with E-state index in [1.54, 1.807) is 11.6 Å². The first-order chi connectivity index (χ1) is 13.6. The Morgan fingerprint density at radius 1 is 1.32 bits per heavy atom. The summed E-state index contributed by atoms with van der Waals surface area (Å²) in [6.07, 6.45) is 3.60. The SMILES string of the molecule is CCc1ncnc(OCC2CCN(c3nc4ccsc4c(=O)n3C)CC2)c1F. The van der Waals surface area contributed by atoms with Gasteiger partial charge in [0.2, 0.25) is 11.8 Å². The predicted molar refractivity (Wildman–Crippen MR) is 107 cm³/mol. The molecule has 3 aromatic rings. The molecule has 1 aliphatic heterocycles. The van der Waals surface area contributed by atoms with E-state index in [1.165, 1.54) is 17.7 Å². The minimum Gasteiger partial charge on any atom is -0.475 e. The molecular formula is C19H22FN5O2S. The number of halogens is 1. The van der Waals surface area contributed by atoms with Gasteiger partial charge in [-0.05, 0) is 36.6 Å². The zero-order valence-electron chi connectivity index (χ0n) is 15.9. The maximum absolute atomic E-state index is 14.2. The van der Waals surface area contributed by atoms with Gasteiger partial charge in [-0.2, -0.15) is 9.37 Å². The van der Waals surface area contributed by atoms with Crippen LogP contribution in [-0.2, 0) is 13.5 Å². The van der Waals surface area contributed by atoms with Crippen molar-refractivity contribution < 1.29 is 9.13 Å². The molecule has 0 atom stereocenters. The van der Waals surface area contributed by atoms with Crippen LogP contribution in [0.4, 0.5) is 10.3 Å². The summed E-state index contributed by atoms with van der Waals surface area (Å²) in [4.78, 5) is 27.1. The van der Waals surface area contributed by atoms with Crippen LogP contribution in [-0.4, -0.2) is 39.2 Å². The van der Waals surface area contributed by atoms with Gasteiger partial charge in [-0.1, -0.05) is 6.92 Å². The van der Waals surface area contributed by atoms with Crippen molar-refractivity contribution in [1.29, 1.82) is 0 Å². The van der Waals surface area contributed by atoms with E-state index in [9.17, 15) is 9.18 Å². The first kappa shape index (κ1) is 18.8. The van der Waals surface area contributed by atoms with E-state index in [0.29, 0.717) is 35.3 Å². The molecule has 28 heavy (non-hydrogen) atoms. The van der Waals surface area contributed by atoms with Crippen molar-refractivity contribution in [3.63, 3.8) is 0 Å². The highest BCUT2D eigenvalue weighted by Crippen LogP contribution is 2.25. The van der Waals surface area contributed by atoms with Crippen molar-refractivity contribution in [2.45, 2.75) is 26.2 Å². The maximum atomic E-state index is 14.2. The second-order valence-corrected chi connectivity index (χ2v) is 7.86. The van der Waals surface area contributed by atoms with Crippen molar-refractivity contribution in [2.75, 3.05) is 24.6 Å². The van der Waals surface area contributed by atoms with E-state index in [-0.39, 0.29) is 11.4 Å². The molecule has 0 amide bonds. The predicted octanol–water partition coefficient (Wildman–Crippen LogP) is 2.78. The lowest BCUT2D eigenvalue weighted by Crippen LogP contribution is -2.39. The molecule has 0 radical (unpaired) electrons. The molecule has 7 nitrogen and oxygen atoms in total. The van der Waals surface area contributed by atoms with E-state index < -0.39 is 5.82 Å². The fourth-order valence-electron chi connectivity index (χ4n) is 3.49. The molecule has 0 spiro atoms. The van der Waals surface area contributed by atoms with Gasteiger partial charge in [0.05, 0.1) is 17.8 Å². The summed E-state index contributed by atoms with van der Waals surface area (Å²) in [6.45, 7) is 3.81. The largest absolute Gasteiger partial charge is 0.475 e. The lowest BCUT2D eigenvalue weighted by atomic mass is 9.98. The van der Waals surface area contributed by atoms with Gasteiger partial charge >= 0.3 is 0 Å². The summed E-state index contributed by atoms with van der Waals surface area (Å²) in [7, 11) is 1.77. The first-order valence-electron chi connectivity index (χ1n) is 9.39. The summed E-state index contributed by atoms with van der Waals surface area (Å²) in [5.74, 6) is 0.564. The van der Waals surface area contributed by atoms with Crippen LogP contribution in [0.2, 0.25) is 0 Å². The average molecular weight is 403 g/mol. The van der Waals surface area contributed by atoms with Gasteiger partial charge in [-0.25, -0.2) is 9.97 Å². The zero-order valence-corrected chi connectivity index (χ0v) is 16.7. The molecule has 0 bridgehead atoms. The fourth-order valence-corrected chi connectivity index (χ4v) is 4.30. The van der Waals surface area contributed by atoms with Crippen LogP contribution in [0.25, 0.3) is 10.2 Å². The van der Waals surface area contributed by atoms with E-state index >= 15 is 0 Å². The molecule has 148 valence electrons. The number of aryl methyl sites for hydroxylation is 1. The molecule has 3 aromatic heterocycles. The summed E-state index contributed by atoms with van der Waals surface area (Å²) in [5, 5.41) is 1.89. The molecule has 1 fully saturated rings. The molecule has 4 rings (SSSR count). The second kappa shape index (κ2) is 7.83. The van der Waals surface area contributed by atoms with Crippen LogP contribution in [0, 0.1) is 11.7 Å². The number of rotatable bonds is 5. The smallest absolute Gasteiger partial charge is 0.272 e. The Kier molecular flexibility index (Phi) is 5.25. The van der Waals surface area contributed by atoms with Crippen LogP contribution in [0.3, 0.4) is 0 Å². The number of fused-ring (bicyclic) bond motifs is 1. The number of hydrogen-bond donors (Lipinski definition) is 0. The molecule has 1 saturated heterocycles. The van der Waals surface area contributed by atoms with E-state index in [2.05, 4.69) is 19.9 Å². The fraction of sp³-hybridized carbons (Fsp3) is 0.474. The second-order valence-electron chi connectivity index (χ2n) is 6.95. The van der Waals surface area contributed by atoms with Crippen LogP contribution in [0.5, 0.6) is 5.88 Å². The lowest BCUT2D eigenvalue weighted by Gasteiger charge is -2.33. The molecule has 0 unspecified atom stereocenters. The topological polar surface area (TPSA) is 73.1 Å². The van der Waals surface area contributed by atoms with Crippen molar-refractivity contribution in [2.24, 2.45) is 13.0 Å². The Balaban J connectivity index is 1.40. The first-order valence-corrected chi connectivity index (χ1v) is 10.3. The highest BCUT2D eigenvalue weighted by atomic mass is 32.1. The van der Waals surface area contributed by atoms with Gasteiger partial charge in [-0.3, -0.25) is 9.36 Å². The molecule has 0 saturated carbocycles. The summed E-state index contributed by atoms with van der Waals surface area (Å²) < 4.78 is 22.1. The number of ether oxygens (including phenoxy) is 1. The van der Waals surface area contributed by atoms with Gasteiger partial charge in [0.15, 0.2) is 0 Å². The molecule has 9 heteroatoms. The Hall–Kier alpha value is -2.55. The molecule has 0 aromatic carbocycles. The third-order valence-corrected chi connectivity index (χ3v) is 6.07. The van der Waals surface area contributed by atoms with Crippen molar-refractivity contribution >= 4 is 27.5 Å². The van der Waals surface area contributed by atoms with Crippen LogP contribution in [0.1, 0.15) is 25.5 Å². The standard InChI is InChI=1S/C19H22FN5O2S/c1-3-13-15(20)17(22-11-21-13)27-10-12-4-7-25(8-5-12)19-23-14-6-9-28-16(14)18(26)24(19)2/h6,9,11-12H,3-5,7-8,10H2,1-2H3. The number of anilines is 1. The van der Waals surface area contributed by atoms with E-state index in [1.807, 2.05) is 18.4 Å². The Bertz CT molecular complexity index is 1040. The normalized spacial score (nSPS) is 15.3. The minimum absolute atomic E-state index is 0.00794. The average Bonchev–Trinajstić information content (AvgIpc) is 3.19. The minimum atomic E-state index is -0.467. The van der Waals surface area contributed by atoms with Crippen molar-refractivity contribution in [3.05, 3.63) is 39.6 Å². The summed E-state index contributed by atoms with van der Waals surface area (Å²) in [6, 6.07) is 1.88. The molecular weight excluding hydrogens is 381 g/mol. The van der Waals surface area contributed by atoms with E-state index in [0.717, 1.165) is 31.4 Å². The number of thiophene rings is 1. The van der Waals surface area contributed by atoms with Gasteiger partial charge in [0, 0.05) is 20.1 Å². The maximum Gasteiger partial charge on any atom is 0.272 e. The number of hydrogen-bond acceptors (Lipinski definition) is 7. The van der Waals surface area contributed by atoms with Crippen LogP contribution >= 0.6 is 11.3 Å². The summed E-state index contributed by atoms with van der Waals surface area (Å²) >= 11 is 1.42. The van der Waals surface area contributed by atoms with Gasteiger partial charge < -0.3 is 9.64 Å². The number of aromatic nitrogens is 4. The number of piperidine rings is 1. The zero-order chi connectivity index (χ0) is 19.7. The summed E-state index contributed by atoms with van der Waals surface area (Å²) in [5.41, 5.74) is 1.11. The Morgan fingerprint density at radius 2 is 2.11 bits per heavy atom. The molecule has 0 N–H and O–H groups in total. The van der Waals surface area contributed by atoms with Crippen LogP contribution < -0.4 is 15.2 Å². The molecule has 1 aliphatic rings. The monoisotopic (exact) mass is 403 g/mol. The quantitative estimate of drug-likeness (QED) is 0.652. The van der Waals surface area contributed by atoms with Crippen molar-refractivity contribution in [3.8, 4) is 5.88 Å². The highest BCUT2D eigenvalue weighted by Gasteiger charge is 2.24.